The molecule has 1 aromatic rings. The lowest BCUT2D eigenvalue weighted by Crippen LogP contribution is -2.41. The first-order valence-electron chi connectivity index (χ1n) is 7.16. The lowest BCUT2D eigenvalue weighted by atomic mass is 10.1. The average Bonchev–Trinajstić information content (AvgIpc) is 2.46. The third kappa shape index (κ3) is 3.70. The Morgan fingerprint density at radius 2 is 2.10 bits per heavy atom. The van der Waals surface area contributed by atoms with E-state index < -0.39 is 0 Å². The molecule has 0 radical (unpaired) electrons. The molecular formula is C15H23N3O2. The van der Waals surface area contributed by atoms with Crippen molar-refractivity contribution in [2.24, 2.45) is 0 Å². The summed E-state index contributed by atoms with van der Waals surface area (Å²) in [5, 5.41) is 3.22. The first-order valence-corrected chi connectivity index (χ1v) is 7.16. The van der Waals surface area contributed by atoms with Gasteiger partial charge in [0, 0.05) is 26.2 Å². The van der Waals surface area contributed by atoms with Crippen LogP contribution in [0.3, 0.4) is 0 Å². The van der Waals surface area contributed by atoms with Crippen LogP contribution in [-0.2, 0) is 4.74 Å². The van der Waals surface area contributed by atoms with Crippen LogP contribution in [0.4, 0.5) is 5.82 Å². The molecule has 0 atom stereocenters. The highest BCUT2D eigenvalue weighted by Crippen LogP contribution is 2.16. The fourth-order valence-electron chi connectivity index (χ4n) is 2.39. The molecule has 20 heavy (non-hydrogen) atoms. The summed E-state index contributed by atoms with van der Waals surface area (Å²) >= 11 is 0. The summed E-state index contributed by atoms with van der Waals surface area (Å²) in [6.07, 6.45) is 2.07. The first kappa shape index (κ1) is 14.8. The van der Waals surface area contributed by atoms with Crippen LogP contribution in [-0.4, -0.2) is 48.1 Å². The lowest BCUT2D eigenvalue weighted by molar-refractivity contribution is 0.0348. The second-order valence-corrected chi connectivity index (χ2v) is 5.43. The van der Waals surface area contributed by atoms with E-state index in [4.69, 9.17) is 4.74 Å². The van der Waals surface area contributed by atoms with Gasteiger partial charge in [-0.05, 0) is 38.8 Å². The third-order valence-corrected chi connectivity index (χ3v) is 3.47. The fraction of sp³-hybridized carbons (Fsp3) is 0.600. The SMILES string of the molecule is COC1CCN(C(=O)c2cccc(NC(C)C)n2)CC1. The minimum absolute atomic E-state index is 0.00644. The van der Waals surface area contributed by atoms with Gasteiger partial charge in [0.05, 0.1) is 6.10 Å². The van der Waals surface area contributed by atoms with Crippen LogP contribution in [0.25, 0.3) is 0 Å². The van der Waals surface area contributed by atoms with Gasteiger partial charge >= 0.3 is 0 Å². The van der Waals surface area contributed by atoms with Gasteiger partial charge in [0.1, 0.15) is 11.5 Å². The van der Waals surface area contributed by atoms with Crippen molar-refractivity contribution in [2.45, 2.75) is 38.8 Å². The molecule has 0 unspecified atom stereocenters. The van der Waals surface area contributed by atoms with Gasteiger partial charge in [-0.2, -0.15) is 0 Å². The number of hydrogen-bond acceptors (Lipinski definition) is 4. The number of likely N-dealkylation sites (tertiary alicyclic amines) is 1. The van der Waals surface area contributed by atoms with Crippen molar-refractivity contribution >= 4 is 11.7 Å². The molecule has 1 saturated heterocycles. The maximum atomic E-state index is 12.4. The van der Waals surface area contributed by atoms with Crippen molar-refractivity contribution in [2.75, 3.05) is 25.5 Å². The van der Waals surface area contributed by atoms with E-state index >= 15 is 0 Å². The fourth-order valence-corrected chi connectivity index (χ4v) is 2.39. The van der Waals surface area contributed by atoms with Crippen LogP contribution in [0.1, 0.15) is 37.2 Å². The molecule has 110 valence electrons. The molecular weight excluding hydrogens is 254 g/mol. The van der Waals surface area contributed by atoms with E-state index in [1.165, 1.54) is 0 Å². The number of carbonyl (C=O) groups is 1. The first-order chi connectivity index (χ1) is 9.60. The van der Waals surface area contributed by atoms with E-state index in [9.17, 15) is 4.79 Å². The zero-order valence-corrected chi connectivity index (χ0v) is 12.4. The van der Waals surface area contributed by atoms with Crippen LogP contribution < -0.4 is 5.32 Å². The van der Waals surface area contributed by atoms with E-state index in [1.54, 1.807) is 13.2 Å². The van der Waals surface area contributed by atoms with Crippen molar-refractivity contribution < 1.29 is 9.53 Å². The summed E-state index contributed by atoms with van der Waals surface area (Å²) < 4.78 is 5.32. The van der Waals surface area contributed by atoms with E-state index in [0.717, 1.165) is 31.7 Å². The molecule has 2 heterocycles. The molecule has 1 aliphatic heterocycles. The third-order valence-electron chi connectivity index (χ3n) is 3.47. The molecule has 5 heteroatoms. The molecule has 0 saturated carbocycles. The summed E-state index contributed by atoms with van der Waals surface area (Å²) in [7, 11) is 1.73. The zero-order chi connectivity index (χ0) is 14.5. The molecule has 2 rings (SSSR count). The quantitative estimate of drug-likeness (QED) is 0.916. The van der Waals surface area contributed by atoms with Crippen LogP contribution in [0.5, 0.6) is 0 Å². The lowest BCUT2D eigenvalue weighted by Gasteiger charge is -2.31. The molecule has 0 spiro atoms. The van der Waals surface area contributed by atoms with Crippen molar-refractivity contribution in [1.29, 1.82) is 0 Å². The Balaban J connectivity index is 2.02. The smallest absolute Gasteiger partial charge is 0.272 e. The van der Waals surface area contributed by atoms with Gasteiger partial charge in [-0.3, -0.25) is 4.79 Å². The van der Waals surface area contributed by atoms with Crippen LogP contribution in [0, 0.1) is 0 Å². The van der Waals surface area contributed by atoms with E-state index in [2.05, 4.69) is 10.3 Å². The Bertz CT molecular complexity index is 454. The number of aromatic nitrogens is 1. The molecule has 0 aromatic carbocycles. The largest absolute Gasteiger partial charge is 0.381 e. The van der Waals surface area contributed by atoms with Crippen molar-refractivity contribution in [3.05, 3.63) is 23.9 Å². The summed E-state index contributed by atoms with van der Waals surface area (Å²) in [6.45, 7) is 5.57. The molecule has 1 N–H and O–H groups in total. The number of rotatable bonds is 4. The van der Waals surface area contributed by atoms with Crippen molar-refractivity contribution in [1.82, 2.24) is 9.88 Å². The minimum Gasteiger partial charge on any atom is -0.381 e. The summed E-state index contributed by atoms with van der Waals surface area (Å²) in [6, 6.07) is 5.82. The molecule has 0 aliphatic carbocycles. The molecule has 0 bridgehead atoms. The van der Waals surface area contributed by atoms with Gasteiger partial charge in [-0.25, -0.2) is 4.98 Å². The number of amides is 1. The van der Waals surface area contributed by atoms with E-state index in [1.807, 2.05) is 30.9 Å². The number of methoxy groups -OCH3 is 1. The van der Waals surface area contributed by atoms with E-state index in [-0.39, 0.29) is 12.0 Å². The Morgan fingerprint density at radius 3 is 2.70 bits per heavy atom. The number of pyridine rings is 1. The van der Waals surface area contributed by atoms with Gasteiger partial charge in [0.25, 0.3) is 5.91 Å². The van der Waals surface area contributed by atoms with E-state index in [0.29, 0.717) is 11.7 Å². The Kier molecular flexibility index (Phi) is 4.95. The maximum Gasteiger partial charge on any atom is 0.272 e. The number of anilines is 1. The summed E-state index contributed by atoms with van der Waals surface area (Å²) in [4.78, 5) is 18.7. The zero-order valence-electron chi connectivity index (χ0n) is 12.4. The standard InChI is InChI=1S/C15H23N3O2/c1-11(2)16-14-6-4-5-13(17-14)15(19)18-9-7-12(20-3)8-10-18/h4-6,11-12H,7-10H2,1-3H3,(H,16,17). The number of piperidine rings is 1. The topological polar surface area (TPSA) is 54.5 Å². The molecule has 1 aliphatic rings. The van der Waals surface area contributed by atoms with Gasteiger partial charge in [-0.15, -0.1) is 0 Å². The van der Waals surface area contributed by atoms with Gasteiger partial charge < -0.3 is 15.0 Å². The number of nitrogens with zero attached hydrogens (tertiary/aromatic N) is 2. The van der Waals surface area contributed by atoms with Gasteiger partial charge in [0.2, 0.25) is 0 Å². The molecule has 5 nitrogen and oxygen atoms in total. The van der Waals surface area contributed by atoms with Gasteiger partial charge in [0.15, 0.2) is 0 Å². The van der Waals surface area contributed by atoms with Gasteiger partial charge in [-0.1, -0.05) is 6.07 Å². The molecule has 1 aromatic heterocycles. The second-order valence-electron chi connectivity index (χ2n) is 5.43. The Hall–Kier alpha value is -1.62. The van der Waals surface area contributed by atoms with Crippen molar-refractivity contribution in [3.8, 4) is 0 Å². The number of ether oxygens (including phenoxy) is 1. The molecule has 1 amide bonds. The average molecular weight is 277 g/mol. The van der Waals surface area contributed by atoms with Crippen molar-refractivity contribution in [3.63, 3.8) is 0 Å². The maximum absolute atomic E-state index is 12.4. The Morgan fingerprint density at radius 1 is 1.40 bits per heavy atom. The molecule has 1 fully saturated rings. The number of carbonyl (C=O) groups excluding carboxylic acids is 1. The number of hydrogen-bond donors (Lipinski definition) is 1. The predicted molar refractivity (Wildman–Crippen MR) is 78.9 cm³/mol. The predicted octanol–water partition coefficient (Wildman–Crippen LogP) is 2.15. The van der Waals surface area contributed by atoms with Crippen LogP contribution in [0.2, 0.25) is 0 Å². The van der Waals surface area contributed by atoms with Crippen LogP contribution in [0.15, 0.2) is 18.2 Å². The minimum atomic E-state index is 0.00644. The Labute approximate surface area is 120 Å². The summed E-state index contributed by atoms with van der Waals surface area (Å²) in [5.41, 5.74) is 0.506. The second kappa shape index (κ2) is 6.70. The highest BCUT2D eigenvalue weighted by Gasteiger charge is 2.24. The number of nitrogens with one attached hydrogen (secondary N) is 1. The monoisotopic (exact) mass is 277 g/mol. The highest BCUT2D eigenvalue weighted by molar-refractivity contribution is 5.92. The highest BCUT2D eigenvalue weighted by atomic mass is 16.5. The summed E-state index contributed by atoms with van der Waals surface area (Å²) in [5.74, 6) is 0.754. The normalized spacial score (nSPS) is 16.5. The van der Waals surface area contributed by atoms with Crippen LogP contribution >= 0.6 is 0 Å².